The van der Waals surface area contributed by atoms with Crippen molar-refractivity contribution >= 4 is 51.9 Å². The largest absolute Gasteiger partial charge is 0.507 e. The van der Waals surface area contributed by atoms with E-state index in [0.717, 1.165) is 0 Å². The highest BCUT2D eigenvalue weighted by Gasteiger charge is 2.36. The molecule has 0 aliphatic carbocycles. The van der Waals surface area contributed by atoms with Gasteiger partial charge in [-0.25, -0.2) is 0 Å². The minimum absolute atomic E-state index is 0.0841. The molecule has 0 aromatic heterocycles. The van der Waals surface area contributed by atoms with Crippen molar-refractivity contribution in [2.75, 3.05) is 5.43 Å². The molecule has 0 amide bonds. The van der Waals surface area contributed by atoms with Crippen LogP contribution in [0, 0.1) is 3.57 Å². The van der Waals surface area contributed by atoms with Gasteiger partial charge in [0.1, 0.15) is 5.75 Å². The van der Waals surface area contributed by atoms with Crippen LogP contribution < -0.4 is 5.43 Å². The van der Waals surface area contributed by atoms with Gasteiger partial charge in [-0.1, -0.05) is 11.6 Å². The fraction of sp³-hybridized carbons (Fsp3) is 0.111. The van der Waals surface area contributed by atoms with Crippen LogP contribution in [0.3, 0.4) is 0 Å². The van der Waals surface area contributed by atoms with Crippen LogP contribution in [0.1, 0.15) is 0 Å². The maximum Gasteiger partial charge on any atom is 0.455 e. The molecule has 0 bridgehead atoms. The van der Waals surface area contributed by atoms with Crippen molar-refractivity contribution in [2.45, 2.75) is 6.18 Å². The molecule has 0 fully saturated rings. The molecule has 0 saturated heterocycles. The van der Waals surface area contributed by atoms with Gasteiger partial charge in [0.25, 0.3) is 5.78 Å². The van der Waals surface area contributed by atoms with Crippen molar-refractivity contribution in [1.82, 2.24) is 0 Å². The second-order valence-electron chi connectivity index (χ2n) is 3.02. The van der Waals surface area contributed by atoms with Crippen molar-refractivity contribution in [2.24, 2.45) is 5.10 Å². The summed E-state index contributed by atoms with van der Waals surface area (Å²) in [5.41, 5.74) is 2.22. The second kappa shape index (κ2) is 5.74. The molecular formula is C9H5ClF3IN2O2. The number of nitrogens with one attached hydrogen (secondary N) is 1. The van der Waals surface area contributed by atoms with Gasteiger partial charge in [0.2, 0.25) is 0 Å². The Labute approximate surface area is 118 Å². The highest BCUT2D eigenvalue weighted by atomic mass is 127. The maximum absolute atomic E-state index is 11.8. The Bertz CT molecular complexity index is 505. The molecule has 0 aliphatic rings. The molecular weight excluding hydrogens is 387 g/mol. The van der Waals surface area contributed by atoms with Crippen LogP contribution in [0.5, 0.6) is 5.75 Å². The predicted octanol–water partition coefficient (Wildman–Crippen LogP) is 3.18. The number of hydrogen-bond acceptors (Lipinski definition) is 4. The molecule has 9 heteroatoms. The number of anilines is 1. The summed E-state index contributed by atoms with van der Waals surface area (Å²) in [7, 11) is 0. The summed E-state index contributed by atoms with van der Waals surface area (Å²) in [6.07, 6.45) is -4.88. The zero-order valence-electron chi connectivity index (χ0n) is 8.42. The number of aromatic hydroxyl groups is 1. The highest BCUT2D eigenvalue weighted by molar-refractivity contribution is 14.1. The lowest BCUT2D eigenvalue weighted by Gasteiger charge is -2.05. The van der Waals surface area contributed by atoms with E-state index in [9.17, 15) is 23.1 Å². The lowest BCUT2D eigenvalue weighted by Crippen LogP contribution is -2.23. The Kier molecular flexibility index (Phi) is 4.79. The van der Waals surface area contributed by atoms with E-state index in [4.69, 9.17) is 11.6 Å². The molecule has 0 heterocycles. The number of rotatable bonds is 3. The number of carbonyl (C=O) groups is 1. The zero-order chi connectivity index (χ0) is 13.9. The molecule has 0 atom stereocenters. The molecule has 0 unspecified atom stereocenters. The molecule has 0 spiro atoms. The number of alkyl halides is 3. The summed E-state index contributed by atoms with van der Waals surface area (Å²) in [5, 5.41) is 12.6. The lowest BCUT2D eigenvalue weighted by molar-refractivity contribution is -0.162. The summed E-state index contributed by atoms with van der Waals surface area (Å²) < 4.78 is 36.0. The Morgan fingerprint density at radius 3 is 2.67 bits per heavy atom. The van der Waals surface area contributed by atoms with Gasteiger partial charge in [-0.15, -0.1) is 0 Å². The fourth-order valence-corrected chi connectivity index (χ4v) is 1.71. The van der Waals surface area contributed by atoms with Gasteiger partial charge in [0.15, 0.2) is 0 Å². The van der Waals surface area contributed by atoms with Crippen LogP contribution in [0.15, 0.2) is 17.2 Å². The number of nitrogens with zero attached hydrogens (tertiary/aromatic N) is 1. The number of phenols is 1. The fourth-order valence-electron chi connectivity index (χ4n) is 0.857. The number of phenolic OH excluding ortho intramolecular Hbond substituents is 1. The smallest absolute Gasteiger partial charge is 0.455 e. The van der Waals surface area contributed by atoms with Crippen LogP contribution in [-0.2, 0) is 4.79 Å². The van der Waals surface area contributed by atoms with Crippen molar-refractivity contribution in [3.05, 3.63) is 20.7 Å². The van der Waals surface area contributed by atoms with E-state index < -0.39 is 12.0 Å². The van der Waals surface area contributed by atoms with Crippen molar-refractivity contribution in [1.29, 1.82) is 0 Å². The third kappa shape index (κ3) is 4.02. The first-order valence-corrected chi connectivity index (χ1v) is 5.75. The molecule has 4 nitrogen and oxygen atoms in total. The van der Waals surface area contributed by atoms with Gasteiger partial charge in [0.05, 0.1) is 20.5 Å². The van der Waals surface area contributed by atoms with Gasteiger partial charge in [-0.05, 0) is 28.7 Å². The van der Waals surface area contributed by atoms with Crippen LogP contribution in [-0.4, -0.2) is 23.3 Å². The number of hydrazone groups is 1. The van der Waals surface area contributed by atoms with E-state index in [1.807, 2.05) is 22.6 Å². The molecule has 0 aliphatic heterocycles. The third-order valence-corrected chi connectivity index (χ3v) is 2.86. The summed E-state index contributed by atoms with van der Waals surface area (Å²) in [4.78, 5) is 10.5. The van der Waals surface area contributed by atoms with Gasteiger partial charge in [-0.3, -0.25) is 10.2 Å². The normalized spacial score (nSPS) is 11.8. The Morgan fingerprint density at radius 1 is 1.50 bits per heavy atom. The summed E-state index contributed by atoms with van der Waals surface area (Å²) >= 11 is 7.57. The highest BCUT2D eigenvalue weighted by Crippen LogP contribution is 2.30. The molecule has 0 radical (unpaired) electrons. The van der Waals surface area contributed by atoms with Crippen LogP contribution in [0.2, 0.25) is 5.02 Å². The van der Waals surface area contributed by atoms with Crippen LogP contribution in [0.4, 0.5) is 18.9 Å². The number of ketones is 1. The first-order valence-electron chi connectivity index (χ1n) is 4.30. The first-order chi connectivity index (χ1) is 8.21. The zero-order valence-corrected chi connectivity index (χ0v) is 11.3. The van der Waals surface area contributed by atoms with Crippen molar-refractivity contribution < 1.29 is 23.1 Å². The minimum atomic E-state index is -4.97. The average Bonchev–Trinajstić information content (AvgIpc) is 2.23. The monoisotopic (exact) mass is 392 g/mol. The van der Waals surface area contributed by atoms with E-state index in [1.165, 1.54) is 12.1 Å². The Hall–Kier alpha value is -1.03. The topological polar surface area (TPSA) is 61.7 Å². The number of Topliss-reactive ketones (excluding diaryl/α,β-unsaturated/α-hetero) is 1. The lowest BCUT2D eigenvalue weighted by atomic mass is 10.3. The summed E-state index contributed by atoms with van der Waals surface area (Å²) in [6, 6.07) is 2.57. The molecule has 1 aromatic rings. The van der Waals surface area contributed by atoms with E-state index in [-0.39, 0.29) is 22.7 Å². The molecule has 1 aromatic carbocycles. The van der Waals surface area contributed by atoms with Crippen molar-refractivity contribution in [3.63, 3.8) is 0 Å². The SMILES string of the molecule is O=C(C=NNc1cc(O)c(I)cc1Cl)C(F)(F)F. The minimum Gasteiger partial charge on any atom is -0.507 e. The van der Waals surface area contributed by atoms with Crippen molar-refractivity contribution in [3.8, 4) is 5.75 Å². The van der Waals surface area contributed by atoms with Crippen LogP contribution in [0.25, 0.3) is 0 Å². The number of carbonyl (C=O) groups excluding carboxylic acids is 1. The second-order valence-corrected chi connectivity index (χ2v) is 4.58. The third-order valence-electron chi connectivity index (χ3n) is 1.68. The van der Waals surface area contributed by atoms with E-state index in [1.54, 1.807) is 0 Å². The Balaban J connectivity index is 2.79. The standard InChI is InChI=1S/C9H5ClF3IN2O2/c10-4-1-5(14)7(17)2-6(4)16-15-3-8(18)9(11,12)13/h1-3,16-17H. The average molecular weight is 393 g/mol. The molecule has 98 valence electrons. The predicted molar refractivity (Wildman–Crippen MR) is 69.0 cm³/mol. The van der Waals surface area contributed by atoms with E-state index in [0.29, 0.717) is 3.57 Å². The molecule has 18 heavy (non-hydrogen) atoms. The number of halogens is 5. The molecule has 0 saturated carbocycles. The summed E-state index contributed by atoms with van der Waals surface area (Å²) in [6.45, 7) is 0. The molecule has 1 rings (SSSR count). The van der Waals surface area contributed by atoms with Gasteiger partial charge in [0, 0.05) is 6.07 Å². The van der Waals surface area contributed by atoms with Crippen LogP contribution >= 0.6 is 34.2 Å². The number of hydrogen-bond donors (Lipinski definition) is 2. The quantitative estimate of drug-likeness (QED) is 0.472. The number of benzene rings is 1. The summed E-state index contributed by atoms with van der Waals surface area (Å²) in [5.74, 6) is -2.21. The first kappa shape index (κ1) is 15.0. The maximum atomic E-state index is 11.8. The van der Waals surface area contributed by atoms with E-state index in [2.05, 4.69) is 10.5 Å². The van der Waals surface area contributed by atoms with Gasteiger partial charge < -0.3 is 5.11 Å². The van der Waals surface area contributed by atoms with Gasteiger partial charge >= 0.3 is 6.18 Å². The van der Waals surface area contributed by atoms with Gasteiger partial charge in [-0.2, -0.15) is 18.3 Å². The van der Waals surface area contributed by atoms with E-state index >= 15 is 0 Å². The Morgan fingerprint density at radius 2 is 2.11 bits per heavy atom. The molecule has 2 N–H and O–H groups in total.